The molecule has 25 heavy (non-hydrogen) atoms. The van der Waals surface area contributed by atoms with E-state index in [9.17, 15) is 5.11 Å². The molecule has 4 rings (SSSR count). The highest BCUT2D eigenvalue weighted by atomic mass is 16.5. The number of hydrogen-bond donors (Lipinski definition) is 1. The molecule has 5 atom stereocenters. The molecule has 1 fully saturated rings. The summed E-state index contributed by atoms with van der Waals surface area (Å²) in [6, 6.07) is 0. The fourth-order valence-corrected chi connectivity index (χ4v) is 5.75. The van der Waals surface area contributed by atoms with Gasteiger partial charge in [0, 0.05) is 17.3 Å². The van der Waals surface area contributed by atoms with Crippen LogP contribution < -0.4 is 0 Å². The van der Waals surface area contributed by atoms with Gasteiger partial charge in [-0.05, 0) is 55.6 Å². The Kier molecular flexibility index (Phi) is 5.93. The van der Waals surface area contributed by atoms with Gasteiger partial charge in [0.05, 0.1) is 19.0 Å². The first-order chi connectivity index (χ1) is 11.5. The lowest BCUT2D eigenvalue weighted by Gasteiger charge is -2.51. The molecular formula is C23H38O2. The molecule has 0 aliphatic heterocycles. The number of rotatable bonds is 1. The molecule has 0 radical (unpaired) electrons. The normalized spacial score (nSPS) is 41.4. The molecule has 0 bridgehead atoms. The van der Waals surface area contributed by atoms with Crippen molar-refractivity contribution in [3.05, 3.63) is 35.1 Å². The molecule has 0 aromatic heterocycles. The predicted octanol–water partition coefficient (Wildman–Crippen LogP) is 6.03. The average Bonchev–Trinajstić information content (AvgIpc) is 2.91. The smallest absolute Gasteiger partial charge is 0.0958 e. The number of allylic oxidation sites excluding steroid dienone is 6. The van der Waals surface area contributed by atoms with Crippen LogP contribution in [0, 0.1) is 22.7 Å². The maximum absolute atomic E-state index is 10.5. The SMILES string of the molecule is C.CC.COC1=CC2=CCC3C(=CCC4(C)C3CC[C@H]4O)C2(C)CC1. The summed E-state index contributed by atoms with van der Waals surface area (Å²) < 4.78 is 5.49. The number of fused-ring (bicyclic) bond motifs is 5. The number of aliphatic hydroxyl groups excluding tert-OH is 1. The first-order valence-electron chi connectivity index (χ1n) is 9.83. The first kappa shape index (κ1) is 20.3. The van der Waals surface area contributed by atoms with E-state index in [-0.39, 0.29) is 24.4 Å². The predicted molar refractivity (Wildman–Crippen MR) is 106 cm³/mol. The minimum absolute atomic E-state index is 0. The van der Waals surface area contributed by atoms with Gasteiger partial charge in [0.15, 0.2) is 0 Å². The summed E-state index contributed by atoms with van der Waals surface area (Å²) in [7, 11) is 1.78. The molecule has 2 heteroatoms. The van der Waals surface area contributed by atoms with Crippen molar-refractivity contribution in [2.24, 2.45) is 22.7 Å². The monoisotopic (exact) mass is 346 g/mol. The van der Waals surface area contributed by atoms with E-state index >= 15 is 0 Å². The van der Waals surface area contributed by atoms with Crippen molar-refractivity contribution in [1.29, 1.82) is 0 Å². The van der Waals surface area contributed by atoms with Crippen LogP contribution in [0.3, 0.4) is 0 Å². The topological polar surface area (TPSA) is 29.5 Å². The summed E-state index contributed by atoms with van der Waals surface area (Å²) in [6.45, 7) is 8.74. The third-order valence-electron chi connectivity index (χ3n) is 7.32. The van der Waals surface area contributed by atoms with E-state index < -0.39 is 0 Å². The van der Waals surface area contributed by atoms with E-state index in [4.69, 9.17) is 4.74 Å². The van der Waals surface area contributed by atoms with Gasteiger partial charge in [-0.25, -0.2) is 0 Å². The Bertz CT molecular complexity index is 585. The summed E-state index contributed by atoms with van der Waals surface area (Å²) in [6.07, 6.45) is 13.7. The average molecular weight is 347 g/mol. The number of aliphatic hydroxyl groups is 1. The van der Waals surface area contributed by atoms with Crippen LogP contribution in [-0.2, 0) is 4.74 Å². The molecule has 4 aliphatic rings. The molecule has 4 aliphatic carbocycles. The molecule has 1 N–H and O–H groups in total. The first-order valence-corrected chi connectivity index (χ1v) is 9.83. The third-order valence-corrected chi connectivity index (χ3v) is 7.32. The van der Waals surface area contributed by atoms with Crippen LogP contribution in [0.1, 0.15) is 73.6 Å². The molecule has 0 heterocycles. The van der Waals surface area contributed by atoms with Crippen LogP contribution in [0.25, 0.3) is 0 Å². The molecule has 2 nitrogen and oxygen atoms in total. The lowest BCUT2D eigenvalue weighted by Crippen LogP contribution is -2.44. The minimum atomic E-state index is -0.111. The quantitative estimate of drug-likeness (QED) is 0.587. The lowest BCUT2D eigenvalue weighted by molar-refractivity contribution is 0.0170. The van der Waals surface area contributed by atoms with Gasteiger partial charge in [0.25, 0.3) is 0 Å². The Labute approximate surface area is 155 Å². The molecule has 1 saturated carbocycles. The van der Waals surface area contributed by atoms with E-state index in [1.807, 2.05) is 13.8 Å². The minimum Gasteiger partial charge on any atom is -0.501 e. The number of ether oxygens (including phenoxy) is 1. The van der Waals surface area contributed by atoms with Crippen molar-refractivity contribution >= 4 is 0 Å². The highest BCUT2D eigenvalue weighted by Gasteiger charge is 2.54. The van der Waals surface area contributed by atoms with Gasteiger partial charge in [-0.15, -0.1) is 0 Å². The van der Waals surface area contributed by atoms with E-state index in [0.29, 0.717) is 11.8 Å². The summed E-state index contributed by atoms with van der Waals surface area (Å²) in [5.74, 6) is 2.42. The van der Waals surface area contributed by atoms with Crippen molar-refractivity contribution in [2.75, 3.05) is 7.11 Å². The molecule has 0 aromatic rings. The molecule has 0 amide bonds. The van der Waals surface area contributed by atoms with Crippen LogP contribution in [0.4, 0.5) is 0 Å². The Morgan fingerprint density at radius 3 is 2.56 bits per heavy atom. The van der Waals surface area contributed by atoms with Crippen LogP contribution >= 0.6 is 0 Å². The van der Waals surface area contributed by atoms with Crippen LogP contribution in [-0.4, -0.2) is 18.3 Å². The van der Waals surface area contributed by atoms with Gasteiger partial charge in [0.2, 0.25) is 0 Å². The summed E-state index contributed by atoms with van der Waals surface area (Å²) in [5, 5.41) is 10.5. The number of hydrogen-bond acceptors (Lipinski definition) is 2. The summed E-state index contributed by atoms with van der Waals surface area (Å²) in [5.41, 5.74) is 3.42. The molecular weight excluding hydrogens is 308 g/mol. The third kappa shape index (κ3) is 2.91. The highest BCUT2D eigenvalue weighted by Crippen LogP contribution is 2.62. The zero-order valence-corrected chi connectivity index (χ0v) is 16.1. The van der Waals surface area contributed by atoms with Gasteiger partial charge in [0.1, 0.15) is 0 Å². The molecule has 0 saturated heterocycles. The second-order valence-corrected chi connectivity index (χ2v) is 8.22. The van der Waals surface area contributed by atoms with E-state index in [1.54, 1.807) is 12.7 Å². The fraction of sp³-hybridized carbons (Fsp3) is 0.739. The van der Waals surface area contributed by atoms with E-state index in [1.165, 1.54) is 12.0 Å². The standard InChI is InChI=1S/C20H28O2.C2H6.CH4/c1-19-10-8-14(22-3)12-13(19)4-5-15-16-6-7-18(21)20(16,2)11-9-17(15)19;1-2;/h4,9,12,15-16,18,21H,5-8,10-11H2,1-3H3;1-2H3;1H4/t15?,16?,18-,19?,20?;;/m1../s1. The van der Waals surface area contributed by atoms with Crippen LogP contribution in [0.15, 0.2) is 35.1 Å². The van der Waals surface area contributed by atoms with Gasteiger partial charge in [-0.1, -0.05) is 52.8 Å². The zero-order valence-electron chi connectivity index (χ0n) is 16.1. The van der Waals surface area contributed by atoms with Gasteiger partial charge in [-0.2, -0.15) is 0 Å². The van der Waals surface area contributed by atoms with Crippen LogP contribution in [0.2, 0.25) is 0 Å². The second-order valence-electron chi connectivity index (χ2n) is 8.22. The van der Waals surface area contributed by atoms with Crippen molar-refractivity contribution in [3.8, 4) is 0 Å². The van der Waals surface area contributed by atoms with Gasteiger partial charge in [-0.3, -0.25) is 0 Å². The van der Waals surface area contributed by atoms with Crippen molar-refractivity contribution in [2.45, 2.75) is 79.8 Å². The second kappa shape index (κ2) is 7.31. The molecule has 0 aromatic carbocycles. The highest BCUT2D eigenvalue weighted by molar-refractivity contribution is 5.45. The summed E-state index contributed by atoms with van der Waals surface area (Å²) >= 11 is 0. The maximum atomic E-state index is 10.5. The molecule has 0 spiro atoms. The van der Waals surface area contributed by atoms with Crippen molar-refractivity contribution < 1.29 is 9.84 Å². The van der Waals surface area contributed by atoms with Gasteiger partial charge >= 0.3 is 0 Å². The van der Waals surface area contributed by atoms with Crippen LogP contribution in [0.5, 0.6) is 0 Å². The van der Waals surface area contributed by atoms with E-state index in [0.717, 1.165) is 37.9 Å². The zero-order chi connectivity index (χ0) is 17.5. The van der Waals surface area contributed by atoms with Crippen molar-refractivity contribution in [1.82, 2.24) is 0 Å². The fourth-order valence-electron chi connectivity index (χ4n) is 5.75. The Morgan fingerprint density at radius 1 is 1.16 bits per heavy atom. The molecule has 142 valence electrons. The number of methoxy groups -OCH3 is 1. The summed E-state index contributed by atoms with van der Waals surface area (Å²) in [4.78, 5) is 0. The maximum Gasteiger partial charge on any atom is 0.0958 e. The Morgan fingerprint density at radius 2 is 1.88 bits per heavy atom. The van der Waals surface area contributed by atoms with Crippen molar-refractivity contribution in [3.63, 3.8) is 0 Å². The van der Waals surface area contributed by atoms with Gasteiger partial charge < -0.3 is 9.84 Å². The lowest BCUT2D eigenvalue weighted by atomic mass is 9.53. The largest absolute Gasteiger partial charge is 0.501 e. The molecule has 4 unspecified atom stereocenters. The Balaban J connectivity index is 0.000000726. The van der Waals surface area contributed by atoms with E-state index in [2.05, 4.69) is 32.1 Å². The Hall–Kier alpha value is -1.02.